The molecule has 2 aromatic rings. The van der Waals surface area contributed by atoms with E-state index in [0.29, 0.717) is 17.7 Å². The van der Waals surface area contributed by atoms with Crippen LogP contribution in [-0.4, -0.2) is 38.3 Å². The molecule has 6 nitrogen and oxygen atoms in total. The van der Waals surface area contributed by atoms with Crippen LogP contribution in [0.15, 0.2) is 54.3 Å². The van der Waals surface area contributed by atoms with Gasteiger partial charge < -0.3 is 18.4 Å². The maximum atomic E-state index is 13.6. The highest BCUT2D eigenvalue weighted by Gasteiger charge is 2.48. The Labute approximate surface area is 214 Å². The number of benzene rings is 2. The van der Waals surface area contributed by atoms with Crippen LogP contribution in [0.2, 0.25) is 0 Å². The van der Waals surface area contributed by atoms with E-state index in [9.17, 15) is 44.3 Å². The second kappa shape index (κ2) is 10.3. The molecule has 0 spiro atoms. The molecule has 2 aliphatic heterocycles. The number of ether oxygens (including phenoxy) is 1. The van der Waals surface area contributed by atoms with Gasteiger partial charge in [-0.25, -0.2) is 8.60 Å². The summed E-state index contributed by atoms with van der Waals surface area (Å²) in [6.07, 6.45) is -11.4. The molecule has 0 aliphatic carbocycles. The second-order valence-electron chi connectivity index (χ2n) is 8.89. The summed E-state index contributed by atoms with van der Waals surface area (Å²) >= 11 is -2.96. The minimum absolute atomic E-state index is 0.0131. The van der Waals surface area contributed by atoms with Crippen molar-refractivity contribution in [2.24, 2.45) is 0 Å². The molecule has 0 saturated carbocycles. The van der Waals surface area contributed by atoms with Crippen LogP contribution in [0.5, 0.6) is 0 Å². The Morgan fingerprint density at radius 2 is 1.61 bits per heavy atom. The Morgan fingerprint density at radius 1 is 1.03 bits per heavy atom. The van der Waals surface area contributed by atoms with Gasteiger partial charge in [0.2, 0.25) is 5.91 Å². The van der Waals surface area contributed by atoms with Gasteiger partial charge in [-0.15, -0.1) is 0 Å². The zero-order valence-corrected chi connectivity index (χ0v) is 20.2. The zero-order valence-electron chi connectivity index (χ0n) is 19.4. The first kappa shape index (κ1) is 28.0. The van der Waals surface area contributed by atoms with Gasteiger partial charge in [-0.3, -0.25) is 4.79 Å². The highest BCUT2D eigenvalue weighted by molar-refractivity contribution is 7.74. The smallest absolute Gasteiger partial charge is 0.416 e. The molecule has 1 fully saturated rings. The number of halogens is 7. The molecule has 5 atom stereocenters. The summed E-state index contributed by atoms with van der Waals surface area (Å²) in [7, 11) is 0. The Balaban J connectivity index is 1.69. The molecule has 38 heavy (non-hydrogen) atoms. The summed E-state index contributed by atoms with van der Waals surface area (Å²) < 4.78 is 126. The number of carbonyl (C=O) groups excluding carboxylic acids is 1. The Kier molecular flexibility index (Phi) is 7.60. The predicted molar refractivity (Wildman–Crippen MR) is 117 cm³/mol. The monoisotopic (exact) mass is 566 g/mol. The predicted octanol–water partition coefficient (Wildman–Crippen LogP) is 5.40. The molecule has 0 aromatic heterocycles. The molecule has 0 bridgehead atoms. The molecule has 0 N–H and O–H groups in total. The van der Waals surface area contributed by atoms with Crippen LogP contribution in [0.4, 0.5) is 30.7 Å². The fraction of sp³-hybridized carbons (Fsp3) is 0.375. The molecule has 206 valence electrons. The van der Waals surface area contributed by atoms with Gasteiger partial charge in [-0.1, -0.05) is 12.1 Å². The van der Waals surface area contributed by atoms with E-state index in [-0.39, 0.29) is 30.4 Å². The molecule has 2 heterocycles. The van der Waals surface area contributed by atoms with Crippen LogP contribution in [0.3, 0.4) is 0 Å². The number of alkyl halides is 6. The minimum atomic E-state index is -5.05. The second-order valence-corrected chi connectivity index (χ2v) is 9.47. The van der Waals surface area contributed by atoms with E-state index in [4.69, 9.17) is 4.74 Å². The van der Waals surface area contributed by atoms with E-state index >= 15 is 0 Å². The molecular formula is C24H19F7NO5S-. The fourth-order valence-corrected chi connectivity index (χ4v) is 5.10. The molecule has 4 rings (SSSR count). The normalized spacial score (nSPS) is 23.6. The van der Waals surface area contributed by atoms with Crippen molar-refractivity contribution in [2.45, 2.75) is 49.9 Å². The van der Waals surface area contributed by atoms with E-state index in [1.165, 1.54) is 24.0 Å². The van der Waals surface area contributed by atoms with Gasteiger partial charge in [0.25, 0.3) is 0 Å². The van der Waals surface area contributed by atoms with E-state index in [1.54, 1.807) is 0 Å². The summed E-state index contributed by atoms with van der Waals surface area (Å²) in [5.74, 6) is -2.07. The van der Waals surface area contributed by atoms with Crippen molar-refractivity contribution in [3.8, 4) is 0 Å². The third-order valence-electron chi connectivity index (χ3n) is 6.46. The molecule has 0 radical (unpaired) electrons. The molecule has 2 aliphatic rings. The lowest BCUT2D eigenvalue weighted by Gasteiger charge is -2.32. The maximum absolute atomic E-state index is 13.6. The standard InChI is InChI=1S/C24H20F7NO5S/c1-12(14-6-15(23(26,27)28)8-16(7-14)24(29,30)31)36-20-11-32-19(9-18(10-21(32)33)37-38(34)35)22(20)13-2-4-17(25)5-3-13/h2-8,10,12,19-20,22H,9,11H2,1H3,(H,34,35)/p-1/t12-,19?,20+,22+/m1/s1. The maximum Gasteiger partial charge on any atom is 0.416 e. The summed E-state index contributed by atoms with van der Waals surface area (Å²) in [6, 6.07) is 5.52. The van der Waals surface area contributed by atoms with Crippen molar-refractivity contribution >= 4 is 17.3 Å². The van der Waals surface area contributed by atoms with Gasteiger partial charge in [-0.2, -0.15) is 26.3 Å². The number of fused-ring (bicyclic) bond motifs is 1. The molecule has 1 amide bonds. The van der Waals surface area contributed by atoms with Gasteiger partial charge in [0.1, 0.15) is 22.9 Å². The van der Waals surface area contributed by atoms with Crippen LogP contribution in [-0.2, 0) is 37.4 Å². The Morgan fingerprint density at radius 3 is 2.13 bits per heavy atom. The van der Waals surface area contributed by atoms with Gasteiger partial charge in [0.05, 0.1) is 23.3 Å². The molecule has 14 heteroatoms. The number of carbonyl (C=O) groups is 1. The zero-order chi connectivity index (χ0) is 28.0. The number of hydrogen-bond acceptors (Lipinski definition) is 5. The summed E-state index contributed by atoms with van der Waals surface area (Å²) in [6.45, 7) is 1.18. The minimum Gasteiger partial charge on any atom is -0.740 e. The van der Waals surface area contributed by atoms with Crippen molar-refractivity contribution in [3.05, 3.63) is 82.4 Å². The number of hydrogen-bond donors (Lipinski definition) is 0. The summed E-state index contributed by atoms with van der Waals surface area (Å²) in [5, 5.41) is 0. The van der Waals surface area contributed by atoms with Gasteiger partial charge >= 0.3 is 12.4 Å². The van der Waals surface area contributed by atoms with Crippen LogP contribution in [0.25, 0.3) is 0 Å². The van der Waals surface area contributed by atoms with Gasteiger partial charge in [-0.05, 0) is 48.4 Å². The van der Waals surface area contributed by atoms with Crippen LogP contribution < -0.4 is 0 Å². The van der Waals surface area contributed by atoms with Crippen molar-refractivity contribution in [3.63, 3.8) is 0 Å². The first-order valence-corrected chi connectivity index (χ1v) is 12.1. The van der Waals surface area contributed by atoms with Crippen LogP contribution in [0, 0.1) is 5.82 Å². The van der Waals surface area contributed by atoms with Crippen molar-refractivity contribution in [1.29, 1.82) is 0 Å². The van der Waals surface area contributed by atoms with E-state index in [1.807, 2.05) is 0 Å². The fourth-order valence-electron chi connectivity index (χ4n) is 4.81. The quantitative estimate of drug-likeness (QED) is 0.346. The highest BCUT2D eigenvalue weighted by Crippen LogP contribution is 2.44. The Bertz CT molecular complexity index is 1230. The number of amides is 1. The molecular weight excluding hydrogens is 547 g/mol. The third kappa shape index (κ3) is 6.02. The average molecular weight is 566 g/mol. The number of nitrogens with zero attached hydrogens (tertiary/aromatic N) is 1. The van der Waals surface area contributed by atoms with E-state index < -0.39 is 70.7 Å². The lowest BCUT2D eigenvalue weighted by molar-refractivity contribution is -0.143. The van der Waals surface area contributed by atoms with Crippen molar-refractivity contribution in [2.75, 3.05) is 6.54 Å². The third-order valence-corrected chi connectivity index (χ3v) is 6.81. The SMILES string of the molecule is C[C@@H](O[C@H]1CN2C(=O)C=C(OS(=O)[O-])CC2[C@@H]1c1ccc(F)cc1)c1cc(C(F)(F)F)cc(C(F)(F)F)c1. The van der Waals surface area contributed by atoms with Crippen molar-refractivity contribution < 1.29 is 53.2 Å². The lowest BCUT2D eigenvalue weighted by Crippen LogP contribution is -2.40. The molecule has 1 saturated heterocycles. The first-order chi connectivity index (χ1) is 17.6. The largest absolute Gasteiger partial charge is 0.740 e. The van der Waals surface area contributed by atoms with Gasteiger partial charge in [0, 0.05) is 31.0 Å². The van der Waals surface area contributed by atoms with Crippen molar-refractivity contribution in [1.82, 2.24) is 4.90 Å². The Hall–Kier alpha value is -2.97. The molecule has 2 unspecified atom stereocenters. The van der Waals surface area contributed by atoms with Crippen LogP contribution >= 0.6 is 0 Å². The van der Waals surface area contributed by atoms with E-state index in [0.717, 1.165) is 18.2 Å². The van der Waals surface area contributed by atoms with E-state index in [2.05, 4.69) is 4.18 Å². The average Bonchev–Trinajstić information content (AvgIpc) is 3.16. The first-order valence-electron chi connectivity index (χ1n) is 11.1. The summed E-state index contributed by atoms with van der Waals surface area (Å²) in [5.41, 5.74) is -2.91. The van der Waals surface area contributed by atoms with Crippen LogP contribution in [0.1, 0.15) is 47.6 Å². The highest BCUT2D eigenvalue weighted by atomic mass is 32.2. The topological polar surface area (TPSA) is 78.9 Å². The number of rotatable bonds is 6. The van der Waals surface area contributed by atoms with Gasteiger partial charge in [0.15, 0.2) is 0 Å². The summed E-state index contributed by atoms with van der Waals surface area (Å²) in [4.78, 5) is 14.1. The molecule has 2 aromatic carbocycles. The lowest BCUT2D eigenvalue weighted by atomic mass is 9.86.